The van der Waals surface area contributed by atoms with Crippen LogP contribution in [0.5, 0.6) is 0 Å². The Morgan fingerprint density at radius 2 is 2.00 bits per heavy atom. The van der Waals surface area contributed by atoms with E-state index in [0.29, 0.717) is 12.6 Å². The summed E-state index contributed by atoms with van der Waals surface area (Å²) in [7, 11) is 0. The van der Waals surface area contributed by atoms with Gasteiger partial charge in [0.15, 0.2) is 0 Å². The van der Waals surface area contributed by atoms with E-state index in [4.69, 9.17) is 10.5 Å². The SMILES string of the molecule is CCCCC(CC)CN1CCC(OCCN)CC1. The molecular formula is C15H32N2O. The fraction of sp³-hybridized carbons (Fsp3) is 1.00. The maximum Gasteiger partial charge on any atom is 0.0600 e. The first kappa shape index (κ1) is 15.9. The van der Waals surface area contributed by atoms with Gasteiger partial charge in [-0.2, -0.15) is 0 Å². The lowest BCUT2D eigenvalue weighted by Gasteiger charge is -2.34. The zero-order chi connectivity index (χ0) is 13.2. The van der Waals surface area contributed by atoms with Crippen LogP contribution in [0.2, 0.25) is 0 Å². The van der Waals surface area contributed by atoms with Crippen molar-refractivity contribution in [1.29, 1.82) is 0 Å². The van der Waals surface area contributed by atoms with Crippen LogP contribution in [0.25, 0.3) is 0 Å². The molecule has 1 aliphatic rings. The predicted octanol–water partition coefficient (Wildman–Crippen LogP) is 2.64. The van der Waals surface area contributed by atoms with E-state index >= 15 is 0 Å². The van der Waals surface area contributed by atoms with Crippen molar-refractivity contribution in [3.8, 4) is 0 Å². The number of ether oxygens (including phenoxy) is 1. The van der Waals surface area contributed by atoms with Crippen LogP contribution in [0.1, 0.15) is 52.4 Å². The van der Waals surface area contributed by atoms with Crippen LogP contribution < -0.4 is 5.73 Å². The molecule has 0 radical (unpaired) electrons. The lowest BCUT2D eigenvalue weighted by Crippen LogP contribution is -2.40. The van der Waals surface area contributed by atoms with Gasteiger partial charge in [-0.15, -0.1) is 0 Å². The molecule has 1 rings (SSSR count). The topological polar surface area (TPSA) is 38.5 Å². The Hall–Kier alpha value is -0.120. The molecule has 0 amide bonds. The fourth-order valence-electron chi connectivity index (χ4n) is 2.78. The van der Waals surface area contributed by atoms with E-state index in [0.717, 1.165) is 12.5 Å². The number of likely N-dealkylation sites (tertiary alicyclic amines) is 1. The molecule has 0 bridgehead atoms. The second kappa shape index (κ2) is 9.76. The van der Waals surface area contributed by atoms with Gasteiger partial charge < -0.3 is 15.4 Å². The number of piperidine rings is 1. The highest BCUT2D eigenvalue weighted by atomic mass is 16.5. The normalized spacial score (nSPS) is 20.2. The van der Waals surface area contributed by atoms with E-state index in [1.54, 1.807) is 0 Å². The Morgan fingerprint density at radius 3 is 2.56 bits per heavy atom. The predicted molar refractivity (Wildman–Crippen MR) is 77.8 cm³/mol. The first-order valence-corrected chi connectivity index (χ1v) is 7.84. The molecule has 1 heterocycles. The van der Waals surface area contributed by atoms with Gasteiger partial charge in [-0.1, -0.05) is 33.1 Å². The minimum absolute atomic E-state index is 0.459. The van der Waals surface area contributed by atoms with Gasteiger partial charge in [0, 0.05) is 26.2 Å². The van der Waals surface area contributed by atoms with Crippen LogP contribution in [-0.4, -0.2) is 43.8 Å². The molecule has 1 fully saturated rings. The second-order valence-corrected chi connectivity index (χ2v) is 5.58. The molecule has 1 aliphatic heterocycles. The molecule has 1 saturated heterocycles. The summed E-state index contributed by atoms with van der Waals surface area (Å²) >= 11 is 0. The highest BCUT2D eigenvalue weighted by molar-refractivity contribution is 4.74. The minimum atomic E-state index is 0.459. The molecule has 3 nitrogen and oxygen atoms in total. The quantitative estimate of drug-likeness (QED) is 0.689. The van der Waals surface area contributed by atoms with E-state index in [-0.39, 0.29) is 0 Å². The third kappa shape index (κ3) is 6.17. The molecule has 108 valence electrons. The van der Waals surface area contributed by atoms with Crippen LogP contribution in [-0.2, 0) is 4.74 Å². The second-order valence-electron chi connectivity index (χ2n) is 5.58. The lowest BCUT2D eigenvalue weighted by atomic mass is 9.97. The van der Waals surface area contributed by atoms with E-state index in [1.165, 1.54) is 58.2 Å². The van der Waals surface area contributed by atoms with Gasteiger partial charge in [-0.3, -0.25) is 0 Å². The van der Waals surface area contributed by atoms with Crippen LogP contribution in [0, 0.1) is 5.92 Å². The maximum atomic E-state index is 5.72. The van der Waals surface area contributed by atoms with Crippen molar-refractivity contribution < 1.29 is 4.74 Å². The average Bonchev–Trinajstić information content (AvgIpc) is 2.42. The van der Waals surface area contributed by atoms with E-state index in [2.05, 4.69) is 18.7 Å². The van der Waals surface area contributed by atoms with Crippen LogP contribution in [0.3, 0.4) is 0 Å². The Kier molecular flexibility index (Phi) is 8.64. The van der Waals surface area contributed by atoms with Gasteiger partial charge in [-0.05, 0) is 25.2 Å². The molecule has 2 N–H and O–H groups in total. The molecule has 18 heavy (non-hydrogen) atoms. The van der Waals surface area contributed by atoms with Crippen molar-refractivity contribution in [2.24, 2.45) is 11.7 Å². The number of hydrogen-bond donors (Lipinski definition) is 1. The van der Waals surface area contributed by atoms with Crippen LogP contribution in [0.15, 0.2) is 0 Å². The van der Waals surface area contributed by atoms with Crippen molar-refractivity contribution in [3.05, 3.63) is 0 Å². The van der Waals surface area contributed by atoms with Crippen molar-refractivity contribution in [2.45, 2.75) is 58.5 Å². The Bertz CT molecular complexity index is 191. The summed E-state index contributed by atoms with van der Waals surface area (Å²) in [5, 5.41) is 0. The molecule has 0 aromatic rings. The van der Waals surface area contributed by atoms with Crippen molar-refractivity contribution in [1.82, 2.24) is 4.90 Å². The van der Waals surface area contributed by atoms with Gasteiger partial charge >= 0.3 is 0 Å². The summed E-state index contributed by atoms with van der Waals surface area (Å²) in [5.41, 5.74) is 5.47. The van der Waals surface area contributed by atoms with Crippen molar-refractivity contribution >= 4 is 0 Å². The summed E-state index contributed by atoms with van der Waals surface area (Å²) in [6.45, 7) is 9.69. The molecule has 0 saturated carbocycles. The third-order valence-corrected chi connectivity index (χ3v) is 4.07. The van der Waals surface area contributed by atoms with Crippen LogP contribution >= 0.6 is 0 Å². The number of rotatable bonds is 9. The molecule has 1 atom stereocenters. The fourth-order valence-corrected chi connectivity index (χ4v) is 2.78. The van der Waals surface area contributed by atoms with Crippen molar-refractivity contribution in [2.75, 3.05) is 32.8 Å². The van der Waals surface area contributed by atoms with E-state index in [9.17, 15) is 0 Å². The molecule has 3 heteroatoms. The zero-order valence-corrected chi connectivity index (χ0v) is 12.4. The van der Waals surface area contributed by atoms with Gasteiger partial charge in [0.1, 0.15) is 0 Å². The number of nitrogens with zero attached hydrogens (tertiary/aromatic N) is 1. The van der Waals surface area contributed by atoms with Crippen molar-refractivity contribution in [3.63, 3.8) is 0 Å². The maximum absolute atomic E-state index is 5.72. The molecular weight excluding hydrogens is 224 g/mol. The first-order valence-electron chi connectivity index (χ1n) is 7.84. The zero-order valence-electron chi connectivity index (χ0n) is 12.4. The van der Waals surface area contributed by atoms with Crippen LogP contribution in [0.4, 0.5) is 0 Å². The van der Waals surface area contributed by atoms with Gasteiger partial charge in [0.05, 0.1) is 12.7 Å². The molecule has 1 unspecified atom stereocenters. The summed E-state index contributed by atoms with van der Waals surface area (Å²) in [5.74, 6) is 0.895. The van der Waals surface area contributed by atoms with Gasteiger partial charge in [0.2, 0.25) is 0 Å². The summed E-state index contributed by atoms with van der Waals surface area (Å²) in [4.78, 5) is 2.63. The summed E-state index contributed by atoms with van der Waals surface area (Å²) in [6, 6.07) is 0. The number of unbranched alkanes of at least 4 members (excludes halogenated alkanes) is 1. The average molecular weight is 256 g/mol. The molecule has 0 spiro atoms. The van der Waals surface area contributed by atoms with Gasteiger partial charge in [0.25, 0.3) is 0 Å². The van der Waals surface area contributed by atoms with E-state index < -0.39 is 0 Å². The van der Waals surface area contributed by atoms with Gasteiger partial charge in [-0.25, -0.2) is 0 Å². The Labute approximate surface area is 113 Å². The third-order valence-electron chi connectivity index (χ3n) is 4.07. The number of hydrogen-bond acceptors (Lipinski definition) is 3. The molecule has 0 aromatic carbocycles. The standard InChI is InChI=1S/C15H32N2O/c1-3-5-6-14(4-2)13-17-10-7-15(8-11-17)18-12-9-16/h14-15H,3-13,16H2,1-2H3. The number of nitrogens with two attached hydrogens (primary N) is 1. The summed E-state index contributed by atoms with van der Waals surface area (Å²) < 4.78 is 5.72. The largest absolute Gasteiger partial charge is 0.377 e. The Morgan fingerprint density at radius 1 is 1.28 bits per heavy atom. The highest BCUT2D eigenvalue weighted by Gasteiger charge is 2.21. The minimum Gasteiger partial charge on any atom is -0.377 e. The smallest absolute Gasteiger partial charge is 0.0600 e. The highest BCUT2D eigenvalue weighted by Crippen LogP contribution is 2.19. The van der Waals surface area contributed by atoms with E-state index in [1.807, 2.05) is 0 Å². The first-order chi connectivity index (χ1) is 8.80. The monoisotopic (exact) mass is 256 g/mol. The molecule has 0 aliphatic carbocycles. The molecule has 0 aromatic heterocycles. The Balaban J connectivity index is 2.17. The summed E-state index contributed by atoms with van der Waals surface area (Å²) in [6.07, 6.45) is 8.26. The lowest BCUT2D eigenvalue weighted by molar-refractivity contribution is 0.00796.